The molecule has 1 aliphatic carbocycles. The van der Waals surface area contributed by atoms with Crippen LogP contribution < -0.4 is 9.62 Å². The van der Waals surface area contributed by atoms with Crippen LogP contribution in [0.15, 0.2) is 23.3 Å². The van der Waals surface area contributed by atoms with Crippen LogP contribution in [0.1, 0.15) is 44.2 Å². The molecule has 0 bridgehead atoms. The third-order valence-corrected chi connectivity index (χ3v) is 5.66. The van der Waals surface area contributed by atoms with Gasteiger partial charge in [0.2, 0.25) is 10.0 Å². The number of imide groups is 1. The van der Waals surface area contributed by atoms with E-state index in [0.717, 1.165) is 30.1 Å². The molecule has 1 aromatic rings. The molecule has 1 unspecified atom stereocenters. The predicted molar refractivity (Wildman–Crippen MR) is 95.8 cm³/mol. The summed E-state index contributed by atoms with van der Waals surface area (Å²) in [5, 5.41) is 0.00622. The first-order valence-electron chi connectivity index (χ1n) is 8.17. The van der Waals surface area contributed by atoms with Crippen molar-refractivity contribution in [2.45, 2.75) is 38.6 Å². The maximum absolute atomic E-state index is 14.5. The van der Waals surface area contributed by atoms with E-state index in [9.17, 15) is 22.4 Å². The zero-order valence-electron chi connectivity index (χ0n) is 14.3. The highest BCUT2D eigenvalue weighted by molar-refractivity contribution is 7.88. The lowest BCUT2D eigenvalue weighted by Crippen LogP contribution is -2.33. The summed E-state index contributed by atoms with van der Waals surface area (Å²) in [6, 6.07) is 1.49. The summed E-state index contributed by atoms with van der Waals surface area (Å²) in [5.74, 6) is -1.84. The Morgan fingerprint density at radius 1 is 1.15 bits per heavy atom. The van der Waals surface area contributed by atoms with E-state index in [2.05, 4.69) is 4.72 Å². The average Bonchev–Trinajstić information content (AvgIpc) is 2.78. The van der Waals surface area contributed by atoms with Gasteiger partial charge in [-0.05, 0) is 50.3 Å². The Balaban J connectivity index is 2.02. The summed E-state index contributed by atoms with van der Waals surface area (Å²) in [6.45, 7) is 1.54. The molecule has 1 aliphatic heterocycles. The van der Waals surface area contributed by atoms with Crippen LogP contribution in [0.3, 0.4) is 0 Å². The van der Waals surface area contributed by atoms with Crippen LogP contribution in [-0.2, 0) is 19.6 Å². The quantitative estimate of drug-likeness (QED) is 0.788. The van der Waals surface area contributed by atoms with Crippen molar-refractivity contribution in [2.75, 3.05) is 11.2 Å². The van der Waals surface area contributed by atoms with Crippen LogP contribution in [-0.4, -0.2) is 26.5 Å². The van der Waals surface area contributed by atoms with Gasteiger partial charge in [-0.2, -0.15) is 0 Å². The second-order valence-electron chi connectivity index (χ2n) is 6.55. The zero-order valence-corrected chi connectivity index (χ0v) is 15.9. The molecule has 1 heterocycles. The monoisotopic (exact) mass is 400 g/mol. The molecule has 0 saturated carbocycles. The van der Waals surface area contributed by atoms with E-state index in [-0.39, 0.29) is 16.3 Å². The van der Waals surface area contributed by atoms with Crippen LogP contribution in [0.4, 0.5) is 10.1 Å². The molecule has 140 valence electrons. The van der Waals surface area contributed by atoms with Crippen molar-refractivity contribution in [1.82, 2.24) is 4.72 Å². The van der Waals surface area contributed by atoms with E-state index >= 15 is 0 Å². The van der Waals surface area contributed by atoms with Gasteiger partial charge in [0.25, 0.3) is 11.8 Å². The molecule has 2 aliphatic rings. The Kier molecular flexibility index (Phi) is 4.94. The average molecular weight is 401 g/mol. The molecular weight excluding hydrogens is 383 g/mol. The number of rotatable bonds is 4. The van der Waals surface area contributed by atoms with Crippen molar-refractivity contribution in [3.8, 4) is 0 Å². The van der Waals surface area contributed by atoms with Crippen molar-refractivity contribution >= 4 is 39.1 Å². The van der Waals surface area contributed by atoms with Gasteiger partial charge in [-0.15, -0.1) is 0 Å². The minimum absolute atomic E-state index is 0.00622. The Hall–Kier alpha value is -1.77. The van der Waals surface area contributed by atoms with Gasteiger partial charge < -0.3 is 0 Å². The fourth-order valence-corrected chi connectivity index (χ4v) is 4.48. The zero-order chi connectivity index (χ0) is 19.2. The molecule has 2 amide bonds. The highest BCUT2D eigenvalue weighted by Crippen LogP contribution is 2.38. The minimum atomic E-state index is -3.53. The van der Waals surface area contributed by atoms with Gasteiger partial charge in [-0.25, -0.2) is 22.4 Å². The van der Waals surface area contributed by atoms with Crippen molar-refractivity contribution in [1.29, 1.82) is 0 Å². The number of benzene rings is 1. The fourth-order valence-electron chi connectivity index (χ4n) is 3.40. The Bertz CT molecular complexity index is 914. The van der Waals surface area contributed by atoms with E-state index in [1.165, 1.54) is 6.07 Å². The number of nitrogens with zero attached hydrogens (tertiary/aromatic N) is 1. The minimum Gasteiger partial charge on any atom is -0.269 e. The number of hydrogen-bond donors (Lipinski definition) is 1. The van der Waals surface area contributed by atoms with E-state index in [4.69, 9.17) is 11.6 Å². The van der Waals surface area contributed by atoms with E-state index in [1.807, 2.05) is 0 Å². The van der Waals surface area contributed by atoms with Crippen LogP contribution in [0.5, 0.6) is 0 Å². The van der Waals surface area contributed by atoms with Crippen LogP contribution >= 0.6 is 11.6 Å². The van der Waals surface area contributed by atoms with Gasteiger partial charge in [-0.3, -0.25) is 9.59 Å². The van der Waals surface area contributed by atoms with Crippen LogP contribution in [0.25, 0.3) is 0 Å². The summed E-state index contributed by atoms with van der Waals surface area (Å²) in [6.07, 6.45) is 3.63. The lowest BCUT2D eigenvalue weighted by molar-refractivity contribution is -0.120. The van der Waals surface area contributed by atoms with E-state index in [1.54, 1.807) is 6.92 Å². The van der Waals surface area contributed by atoms with Crippen LogP contribution in [0.2, 0.25) is 5.02 Å². The first kappa shape index (κ1) is 19.0. The molecule has 3 rings (SSSR count). The highest BCUT2D eigenvalue weighted by Gasteiger charge is 2.41. The van der Waals surface area contributed by atoms with E-state index < -0.39 is 33.7 Å². The standard InChI is InChI=1S/C17H18ClFN2O4S/c1-9(20-26(2,24)25)12-7-15(14(19)8-13(12)18)21-16(22)10-5-3-4-6-11(10)17(21)23/h7-9,20H,3-6H2,1-2H3. The maximum atomic E-state index is 14.5. The molecule has 9 heteroatoms. The second-order valence-corrected chi connectivity index (χ2v) is 8.73. The van der Waals surface area contributed by atoms with Crippen LogP contribution in [0, 0.1) is 5.82 Å². The van der Waals surface area contributed by atoms with Gasteiger partial charge in [0, 0.05) is 22.2 Å². The lowest BCUT2D eigenvalue weighted by Gasteiger charge is -2.20. The summed E-state index contributed by atoms with van der Waals surface area (Å²) in [5.41, 5.74) is 0.953. The molecule has 0 aromatic heterocycles. The second kappa shape index (κ2) is 6.75. The normalized spacial score (nSPS) is 19.2. The molecule has 0 saturated heterocycles. The third-order valence-electron chi connectivity index (χ3n) is 4.55. The topological polar surface area (TPSA) is 83.6 Å². The van der Waals surface area contributed by atoms with E-state index in [0.29, 0.717) is 24.0 Å². The number of carbonyl (C=O) groups excluding carboxylic acids is 2. The summed E-state index contributed by atoms with van der Waals surface area (Å²) < 4.78 is 39.8. The van der Waals surface area contributed by atoms with Crippen molar-refractivity contribution in [3.05, 3.63) is 39.7 Å². The highest BCUT2D eigenvalue weighted by atomic mass is 35.5. The van der Waals surface area contributed by atoms with Gasteiger partial charge in [0.05, 0.1) is 11.9 Å². The van der Waals surface area contributed by atoms with Crippen molar-refractivity contribution in [2.24, 2.45) is 0 Å². The maximum Gasteiger partial charge on any atom is 0.261 e. The van der Waals surface area contributed by atoms with Gasteiger partial charge in [0.15, 0.2) is 0 Å². The smallest absolute Gasteiger partial charge is 0.261 e. The molecule has 1 atom stereocenters. The van der Waals surface area contributed by atoms with Gasteiger partial charge in [0.1, 0.15) is 5.82 Å². The first-order chi connectivity index (χ1) is 12.1. The van der Waals surface area contributed by atoms with Crippen molar-refractivity contribution in [3.63, 3.8) is 0 Å². The Labute approximate surface area is 156 Å². The number of hydrogen-bond acceptors (Lipinski definition) is 4. The van der Waals surface area contributed by atoms with Gasteiger partial charge >= 0.3 is 0 Å². The largest absolute Gasteiger partial charge is 0.269 e. The molecule has 0 radical (unpaired) electrons. The first-order valence-corrected chi connectivity index (χ1v) is 10.4. The summed E-state index contributed by atoms with van der Waals surface area (Å²) >= 11 is 6.05. The predicted octanol–water partition coefficient (Wildman–Crippen LogP) is 2.83. The molecule has 0 fully saturated rings. The molecule has 26 heavy (non-hydrogen) atoms. The number of anilines is 1. The molecule has 1 aromatic carbocycles. The molecular formula is C17H18ClFN2O4S. The summed E-state index contributed by atoms with van der Waals surface area (Å²) in [4.78, 5) is 26.1. The third kappa shape index (κ3) is 3.41. The Morgan fingerprint density at radius 3 is 2.19 bits per heavy atom. The van der Waals surface area contributed by atoms with Gasteiger partial charge in [-0.1, -0.05) is 11.6 Å². The molecule has 0 spiro atoms. The Morgan fingerprint density at radius 2 is 1.69 bits per heavy atom. The molecule has 1 N–H and O–H groups in total. The summed E-state index contributed by atoms with van der Waals surface area (Å²) in [7, 11) is -3.53. The number of amides is 2. The lowest BCUT2D eigenvalue weighted by atomic mass is 9.93. The number of nitrogens with one attached hydrogen (secondary N) is 1. The number of sulfonamides is 1. The fraction of sp³-hybridized carbons (Fsp3) is 0.412. The number of halogens is 2. The van der Waals surface area contributed by atoms with Crippen molar-refractivity contribution < 1.29 is 22.4 Å². The number of carbonyl (C=O) groups is 2. The SMILES string of the molecule is CC(NS(C)(=O)=O)c1cc(N2C(=O)C3=C(CCCC3)C2=O)c(F)cc1Cl. The molecule has 6 nitrogen and oxygen atoms in total.